The number of hydrogen-bond acceptors (Lipinski definition) is 8. The maximum Gasteiger partial charge on any atom is 0.266 e. The van der Waals surface area contributed by atoms with Gasteiger partial charge in [-0.25, -0.2) is 0 Å². The van der Waals surface area contributed by atoms with Gasteiger partial charge in [0.05, 0.1) is 35.3 Å². The highest BCUT2D eigenvalue weighted by Gasteiger charge is 2.66. The Morgan fingerprint density at radius 2 is 1.72 bits per heavy atom. The third-order valence-corrected chi connectivity index (χ3v) is 13.7. The number of aryl methyl sites for hydroxylation is 1. The van der Waals surface area contributed by atoms with E-state index in [1.165, 1.54) is 0 Å². The second-order valence-electron chi connectivity index (χ2n) is 14.5. The Bertz CT molecular complexity index is 2220. The number of aromatic nitrogens is 3. The average Bonchev–Trinajstić information content (AvgIpc) is 3.75. The third-order valence-electron chi connectivity index (χ3n) is 10.7. The number of rotatable bonds is 9. The molecule has 13 heteroatoms. The Morgan fingerprint density at radius 3 is 2.51 bits per heavy atom. The zero-order valence-electron chi connectivity index (χ0n) is 29.6. The minimum Gasteiger partial charge on any atom is -0.454 e. The van der Waals surface area contributed by atoms with Crippen LogP contribution in [0.1, 0.15) is 40.5 Å². The summed E-state index contributed by atoms with van der Waals surface area (Å²) in [5.41, 5.74) is 3.19. The van der Waals surface area contributed by atoms with Gasteiger partial charge in [0.25, 0.3) is 11.8 Å². The number of carbonyl (C=O) groups is 2. The van der Waals surface area contributed by atoms with Crippen LogP contribution in [0.4, 0.5) is 17.1 Å². The van der Waals surface area contributed by atoms with Crippen LogP contribution in [0.15, 0.2) is 102 Å². The molecule has 4 atom stereocenters. The predicted molar refractivity (Wildman–Crippen MR) is 206 cm³/mol. The SMILES string of the molecule is C[C@H]1[C@H]([Si](C)(C)O)[C@@H](CCn2cc(CCO)nn2)O[C@]12C(=O)N(Cc1cccc(N3C(=O)c4ccccc4Oc4ccccc43)c1)c1ccc(Br)cc12. The van der Waals surface area contributed by atoms with Crippen LogP contribution in [-0.2, 0) is 34.6 Å². The molecule has 53 heavy (non-hydrogen) atoms. The van der Waals surface area contributed by atoms with E-state index in [4.69, 9.17) is 9.47 Å². The maximum absolute atomic E-state index is 15.1. The maximum atomic E-state index is 15.1. The van der Waals surface area contributed by atoms with Gasteiger partial charge in [-0.15, -0.1) is 5.10 Å². The molecule has 5 aromatic rings. The van der Waals surface area contributed by atoms with E-state index >= 15 is 4.79 Å². The normalized spacial score (nSPS) is 22.1. The second kappa shape index (κ2) is 13.6. The fourth-order valence-corrected chi connectivity index (χ4v) is 11.4. The highest BCUT2D eigenvalue weighted by atomic mass is 79.9. The van der Waals surface area contributed by atoms with Gasteiger partial charge in [0.2, 0.25) is 0 Å². The molecule has 2 N–H and O–H groups in total. The lowest BCUT2D eigenvalue weighted by atomic mass is 9.82. The number of nitrogens with zero attached hydrogens (tertiary/aromatic N) is 5. The molecule has 272 valence electrons. The van der Waals surface area contributed by atoms with Crippen LogP contribution in [0.5, 0.6) is 11.5 Å². The number of benzene rings is 4. The van der Waals surface area contributed by atoms with Crippen molar-refractivity contribution in [1.29, 1.82) is 0 Å². The van der Waals surface area contributed by atoms with E-state index in [9.17, 15) is 14.7 Å². The van der Waals surface area contributed by atoms with E-state index in [0.29, 0.717) is 53.5 Å². The van der Waals surface area contributed by atoms with Gasteiger partial charge in [0.1, 0.15) is 5.75 Å². The highest BCUT2D eigenvalue weighted by molar-refractivity contribution is 9.10. The first-order valence-corrected chi connectivity index (χ1v) is 21.6. The monoisotopic (exact) mass is 793 g/mol. The van der Waals surface area contributed by atoms with E-state index in [0.717, 1.165) is 21.3 Å². The van der Waals surface area contributed by atoms with E-state index in [1.807, 2.05) is 105 Å². The van der Waals surface area contributed by atoms with Crippen LogP contribution < -0.4 is 14.5 Å². The molecule has 0 aliphatic carbocycles. The standard InChI is InChI=1S/C40H40BrN5O6Si/c1-25-37(53(2,3)50)36(17-19-44-24-28(18-20-47)42-43-44)52-40(25)31-22-27(41)15-16-32(31)45(39(40)49)23-26-9-8-10-29(21-26)46-33-12-5-7-14-35(33)51-34-13-6-4-11-30(34)38(46)48/h4-16,21-22,24-25,36-37,47,50H,17-20,23H2,1-3H3/t25-,36+,37-,40+/m0/s1. The summed E-state index contributed by atoms with van der Waals surface area (Å²) in [6.45, 7) is 6.56. The summed E-state index contributed by atoms with van der Waals surface area (Å²) in [4.78, 5) is 44.4. The largest absolute Gasteiger partial charge is 0.454 e. The fourth-order valence-electron chi connectivity index (χ4n) is 8.45. The van der Waals surface area contributed by atoms with Gasteiger partial charge >= 0.3 is 0 Å². The van der Waals surface area contributed by atoms with Crippen molar-refractivity contribution in [3.8, 4) is 11.5 Å². The Balaban J connectivity index is 1.14. The Labute approximate surface area is 317 Å². The zero-order valence-corrected chi connectivity index (χ0v) is 32.2. The van der Waals surface area contributed by atoms with Crippen LogP contribution in [0.25, 0.3) is 0 Å². The van der Waals surface area contributed by atoms with Crippen molar-refractivity contribution >= 4 is 53.1 Å². The van der Waals surface area contributed by atoms with Gasteiger partial charge < -0.3 is 24.3 Å². The van der Waals surface area contributed by atoms with Crippen LogP contribution >= 0.6 is 15.9 Å². The number of hydrogen-bond donors (Lipinski definition) is 2. The van der Waals surface area contributed by atoms with E-state index in [2.05, 4.69) is 26.2 Å². The van der Waals surface area contributed by atoms with Crippen molar-refractivity contribution in [1.82, 2.24) is 15.0 Å². The topological polar surface area (TPSA) is 130 Å². The zero-order chi connectivity index (χ0) is 37.1. The number of anilines is 3. The lowest BCUT2D eigenvalue weighted by Crippen LogP contribution is -2.46. The number of ether oxygens (including phenoxy) is 2. The Morgan fingerprint density at radius 1 is 0.943 bits per heavy atom. The van der Waals surface area contributed by atoms with Crippen molar-refractivity contribution in [3.05, 3.63) is 124 Å². The summed E-state index contributed by atoms with van der Waals surface area (Å²) >= 11 is 3.65. The highest BCUT2D eigenvalue weighted by Crippen LogP contribution is 2.60. The van der Waals surface area contributed by atoms with Gasteiger partial charge in [0.15, 0.2) is 19.7 Å². The summed E-state index contributed by atoms with van der Waals surface area (Å²) in [6, 6.07) is 28.2. The molecule has 11 nitrogen and oxygen atoms in total. The molecule has 1 spiro atoms. The van der Waals surface area contributed by atoms with E-state index < -0.39 is 20.0 Å². The molecule has 0 radical (unpaired) electrons. The number of aliphatic hydroxyl groups is 1. The van der Waals surface area contributed by atoms with E-state index in [1.54, 1.807) is 26.6 Å². The summed E-state index contributed by atoms with van der Waals surface area (Å²) < 4.78 is 15.8. The molecule has 3 aliphatic rings. The molecular formula is C40H40BrN5O6Si. The quantitative estimate of drug-likeness (QED) is 0.151. The number of carbonyl (C=O) groups excluding carboxylic acids is 2. The van der Waals surface area contributed by atoms with Crippen LogP contribution in [0.3, 0.4) is 0 Å². The predicted octanol–water partition coefficient (Wildman–Crippen LogP) is 7.09. The van der Waals surface area contributed by atoms with Crippen molar-refractivity contribution in [2.45, 2.75) is 63.2 Å². The number of halogens is 1. The summed E-state index contributed by atoms with van der Waals surface area (Å²) in [5.74, 6) is 0.324. The van der Waals surface area contributed by atoms with Crippen LogP contribution in [-0.4, -0.2) is 57.7 Å². The van der Waals surface area contributed by atoms with Crippen molar-refractivity contribution in [2.75, 3.05) is 16.4 Å². The van der Waals surface area contributed by atoms with Crippen molar-refractivity contribution in [2.24, 2.45) is 5.92 Å². The molecule has 4 aromatic carbocycles. The molecule has 8 rings (SSSR count). The third kappa shape index (κ3) is 6.10. The van der Waals surface area contributed by atoms with Crippen LogP contribution in [0, 0.1) is 5.92 Å². The number of amides is 2. The minimum atomic E-state index is -2.88. The van der Waals surface area contributed by atoms with Gasteiger partial charge in [-0.3, -0.25) is 19.2 Å². The summed E-state index contributed by atoms with van der Waals surface area (Å²) in [7, 11) is -2.88. The van der Waals surface area contributed by atoms with E-state index in [-0.39, 0.29) is 36.4 Å². The Hall–Kier alpha value is -4.66. The van der Waals surface area contributed by atoms with Crippen molar-refractivity contribution < 1.29 is 29.0 Å². The molecule has 2 amide bonds. The number of aliphatic hydroxyl groups excluding tert-OH is 1. The molecule has 4 heterocycles. The molecule has 1 saturated heterocycles. The van der Waals surface area contributed by atoms with Gasteiger partial charge in [0, 0.05) is 53.0 Å². The number of fused-ring (bicyclic) bond motifs is 4. The second-order valence-corrected chi connectivity index (χ2v) is 19.4. The molecule has 0 unspecified atom stereocenters. The molecule has 0 saturated carbocycles. The number of para-hydroxylation sites is 3. The van der Waals surface area contributed by atoms with Crippen molar-refractivity contribution in [3.63, 3.8) is 0 Å². The first-order chi connectivity index (χ1) is 25.5. The summed E-state index contributed by atoms with van der Waals surface area (Å²) in [5, 5.41) is 17.7. The molecule has 1 fully saturated rings. The first kappa shape index (κ1) is 35.4. The molecule has 1 aromatic heterocycles. The molecule has 0 bridgehead atoms. The Kier molecular flexibility index (Phi) is 9.10. The lowest BCUT2D eigenvalue weighted by Gasteiger charge is -2.32. The lowest BCUT2D eigenvalue weighted by molar-refractivity contribution is -0.146. The van der Waals surface area contributed by atoms with Gasteiger partial charge in [-0.05, 0) is 79.7 Å². The van der Waals surface area contributed by atoms with Gasteiger partial charge in [-0.1, -0.05) is 64.5 Å². The first-order valence-electron chi connectivity index (χ1n) is 17.8. The summed E-state index contributed by atoms with van der Waals surface area (Å²) in [6.07, 6.45) is 2.34. The molecular weight excluding hydrogens is 754 g/mol. The van der Waals surface area contributed by atoms with Gasteiger partial charge in [-0.2, -0.15) is 0 Å². The van der Waals surface area contributed by atoms with Crippen LogP contribution in [0.2, 0.25) is 18.6 Å². The average molecular weight is 795 g/mol. The minimum absolute atomic E-state index is 0.0114. The smallest absolute Gasteiger partial charge is 0.266 e. The fraction of sp³-hybridized carbons (Fsp3) is 0.300. The molecule has 3 aliphatic heterocycles.